The van der Waals surface area contributed by atoms with Crippen LogP contribution in [0.2, 0.25) is 0 Å². The molecule has 4 rings (SSSR count). The molecule has 0 saturated heterocycles. The Balaban J connectivity index is 1.55. The van der Waals surface area contributed by atoms with Crippen LogP contribution in [0.1, 0.15) is 30.7 Å². The van der Waals surface area contributed by atoms with Crippen molar-refractivity contribution in [3.63, 3.8) is 0 Å². The van der Waals surface area contributed by atoms with Crippen LogP contribution in [-0.2, 0) is 16.8 Å². The number of benzene rings is 2. The standard InChI is InChI=1S/C21H19N5O2/c1-21(2)16-8-7-15(10-18(16)26(3)20(21)27)28-12-13-5-4-6-14(9-13)19-17(11-22)23-25-24-19/h4-10H,12H2,1-3H3,(H,23,24,25). The van der Waals surface area contributed by atoms with Gasteiger partial charge in [-0.15, -0.1) is 5.10 Å². The van der Waals surface area contributed by atoms with Crippen LogP contribution in [-0.4, -0.2) is 28.4 Å². The average Bonchev–Trinajstić information content (AvgIpc) is 3.25. The number of hydrogen-bond donors (Lipinski definition) is 1. The molecule has 0 radical (unpaired) electrons. The third kappa shape index (κ3) is 2.79. The van der Waals surface area contributed by atoms with E-state index in [1.807, 2.05) is 62.4 Å². The van der Waals surface area contributed by atoms with Crippen molar-refractivity contribution in [3.8, 4) is 23.1 Å². The molecule has 7 heteroatoms. The lowest BCUT2D eigenvalue weighted by Crippen LogP contribution is -2.33. The first-order chi connectivity index (χ1) is 13.4. The largest absolute Gasteiger partial charge is 0.489 e. The first kappa shape index (κ1) is 17.7. The highest BCUT2D eigenvalue weighted by Crippen LogP contribution is 2.42. The second kappa shape index (κ2) is 6.50. The molecule has 1 aliphatic rings. The number of aromatic amines is 1. The fourth-order valence-corrected chi connectivity index (χ4v) is 3.53. The Morgan fingerprint density at radius 2 is 2.07 bits per heavy atom. The predicted molar refractivity (Wildman–Crippen MR) is 104 cm³/mol. The van der Waals surface area contributed by atoms with Crippen molar-refractivity contribution in [1.82, 2.24) is 15.4 Å². The number of carbonyl (C=O) groups is 1. The zero-order valence-electron chi connectivity index (χ0n) is 15.9. The van der Waals surface area contributed by atoms with Gasteiger partial charge in [-0.3, -0.25) is 4.79 Å². The Hall–Kier alpha value is -3.66. The van der Waals surface area contributed by atoms with Crippen LogP contribution in [0.3, 0.4) is 0 Å². The van der Waals surface area contributed by atoms with Gasteiger partial charge in [0.15, 0.2) is 5.69 Å². The molecule has 0 saturated carbocycles. The van der Waals surface area contributed by atoms with E-state index in [9.17, 15) is 4.79 Å². The number of nitriles is 1. The average molecular weight is 373 g/mol. The van der Waals surface area contributed by atoms with Crippen molar-refractivity contribution in [2.24, 2.45) is 0 Å². The number of hydrogen-bond acceptors (Lipinski definition) is 5. The van der Waals surface area contributed by atoms with Crippen molar-refractivity contribution in [2.75, 3.05) is 11.9 Å². The molecule has 0 bridgehead atoms. The van der Waals surface area contributed by atoms with E-state index in [2.05, 4.69) is 15.4 Å². The summed E-state index contributed by atoms with van der Waals surface area (Å²) in [5, 5.41) is 19.4. The Morgan fingerprint density at radius 3 is 2.86 bits per heavy atom. The van der Waals surface area contributed by atoms with Crippen molar-refractivity contribution in [1.29, 1.82) is 5.26 Å². The van der Waals surface area contributed by atoms with Gasteiger partial charge in [0.1, 0.15) is 24.1 Å². The number of H-pyrrole nitrogens is 1. The summed E-state index contributed by atoms with van der Waals surface area (Å²) in [4.78, 5) is 14.1. The van der Waals surface area contributed by atoms with E-state index in [4.69, 9.17) is 10.00 Å². The van der Waals surface area contributed by atoms with Gasteiger partial charge in [-0.05, 0) is 37.1 Å². The van der Waals surface area contributed by atoms with Gasteiger partial charge in [0.05, 0.1) is 11.1 Å². The van der Waals surface area contributed by atoms with Crippen LogP contribution >= 0.6 is 0 Å². The molecule has 2 aromatic carbocycles. The Morgan fingerprint density at radius 1 is 1.25 bits per heavy atom. The molecular weight excluding hydrogens is 354 g/mol. The number of carbonyl (C=O) groups excluding carboxylic acids is 1. The maximum absolute atomic E-state index is 12.4. The minimum Gasteiger partial charge on any atom is -0.489 e. The molecule has 7 nitrogen and oxygen atoms in total. The Kier molecular flexibility index (Phi) is 4.12. The maximum Gasteiger partial charge on any atom is 0.236 e. The van der Waals surface area contributed by atoms with Crippen molar-refractivity contribution >= 4 is 11.6 Å². The number of fused-ring (bicyclic) bond motifs is 1. The zero-order valence-corrected chi connectivity index (χ0v) is 15.9. The summed E-state index contributed by atoms with van der Waals surface area (Å²) in [6.45, 7) is 4.22. The fraction of sp³-hybridized carbons (Fsp3) is 0.238. The van der Waals surface area contributed by atoms with E-state index in [0.29, 0.717) is 23.7 Å². The molecule has 1 N–H and O–H groups in total. The first-order valence-electron chi connectivity index (χ1n) is 8.88. The minimum atomic E-state index is -0.521. The van der Waals surface area contributed by atoms with E-state index >= 15 is 0 Å². The maximum atomic E-state index is 12.4. The SMILES string of the molecule is CN1C(=O)C(C)(C)c2ccc(OCc3cccc(-c4nn[nH]c4C#N)c3)cc21. The lowest BCUT2D eigenvalue weighted by Gasteiger charge is -2.16. The molecule has 140 valence electrons. The topological polar surface area (TPSA) is 94.9 Å². The molecule has 0 unspecified atom stereocenters. The van der Waals surface area contributed by atoms with Crippen molar-refractivity contribution < 1.29 is 9.53 Å². The molecule has 2 heterocycles. The van der Waals surface area contributed by atoms with E-state index in [1.54, 1.807) is 11.9 Å². The van der Waals surface area contributed by atoms with Gasteiger partial charge in [-0.1, -0.05) is 29.5 Å². The number of amides is 1. The lowest BCUT2D eigenvalue weighted by molar-refractivity contribution is -0.121. The summed E-state index contributed by atoms with van der Waals surface area (Å²) >= 11 is 0. The molecule has 3 aromatic rings. The van der Waals surface area contributed by atoms with Gasteiger partial charge in [0, 0.05) is 18.7 Å². The molecule has 0 spiro atoms. The first-order valence-corrected chi connectivity index (χ1v) is 8.88. The van der Waals surface area contributed by atoms with Gasteiger partial charge in [0.2, 0.25) is 5.91 Å². The third-order valence-corrected chi connectivity index (χ3v) is 5.11. The van der Waals surface area contributed by atoms with Gasteiger partial charge >= 0.3 is 0 Å². The molecule has 0 aliphatic carbocycles. The summed E-state index contributed by atoms with van der Waals surface area (Å²) < 4.78 is 5.95. The second-order valence-electron chi connectivity index (χ2n) is 7.30. The minimum absolute atomic E-state index is 0.0771. The highest BCUT2D eigenvalue weighted by molar-refractivity contribution is 6.07. The van der Waals surface area contributed by atoms with E-state index < -0.39 is 5.41 Å². The summed E-state index contributed by atoms with van der Waals surface area (Å²) in [6.07, 6.45) is 0. The van der Waals surface area contributed by atoms with Crippen LogP contribution in [0, 0.1) is 11.3 Å². The van der Waals surface area contributed by atoms with Crippen LogP contribution in [0.4, 0.5) is 5.69 Å². The zero-order chi connectivity index (χ0) is 19.9. The molecule has 1 aromatic heterocycles. The molecule has 1 amide bonds. The number of anilines is 1. The molecule has 0 fully saturated rings. The number of rotatable bonds is 4. The summed E-state index contributed by atoms with van der Waals surface area (Å²) in [5.41, 5.74) is 3.94. The number of ether oxygens (including phenoxy) is 1. The number of likely N-dealkylation sites (N-methyl/N-ethyl adjacent to an activating group) is 1. The smallest absolute Gasteiger partial charge is 0.236 e. The third-order valence-electron chi connectivity index (χ3n) is 5.11. The van der Waals surface area contributed by atoms with Gasteiger partial charge in [-0.25, -0.2) is 5.10 Å². The van der Waals surface area contributed by atoms with E-state index in [-0.39, 0.29) is 5.91 Å². The van der Waals surface area contributed by atoms with E-state index in [0.717, 1.165) is 22.4 Å². The number of nitrogens with zero attached hydrogens (tertiary/aromatic N) is 4. The Bertz CT molecular complexity index is 1110. The quantitative estimate of drug-likeness (QED) is 0.758. The van der Waals surface area contributed by atoms with Crippen molar-refractivity contribution in [2.45, 2.75) is 25.9 Å². The van der Waals surface area contributed by atoms with Gasteiger partial charge in [-0.2, -0.15) is 5.26 Å². The van der Waals surface area contributed by atoms with Crippen LogP contribution in [0.25, 0.3) is 11.3 Å². The molecular formula is C21H19N5O2. The Labute approximate surface area is 162 Å². The van der Waals surface area contributed by atoms with Gasteiger partial charge in [0.25, 0.3) is 0 Å². The molecule has 1 aliphatic heterocycles. The normalized spacial score (nSPS) is 14.6. The van der Waals surface area contributed by atoms with E-state index in [1.165, 1.54) is 0 Å². The lowest BCUT2D eigenvalue weighted by atomic mass is 9.86. The summed E-state index contributed by atoms with van der Waals surface area (Å²) in [5.74, 6) is 0.772. The highest BCUT2D eigenvalue weighted by Gasteiger charge is 2.42. The molecule has 28 heavy (non-hydrogen) atoms. The monoisotopic (exact) mass is 373 g/mol. The summed E-state index contributed by atoms with van der Waals surface area (Å²) in [7, 11) is 1.79. The van der Waals surface area contributed by atoms with Gasteiger partial charge < -0.3 is 9.64 Å². The predicted octanol–water partition coefficient (Wildman–Crippen LogP) is 3.18. The number of aromatic nitrogens is 3. The number of nitrogens with one attached hydrogen (secondary N) is 1. The van der Waals surface area contributed by atoms with Crippen LogP contribution in [0.15, 0.2) is 42.5 Å². The van der Waals surface area contributed by atoms with Crippen molar-refractivity contribution in [3.05, 3.63) is 59.3 Å². The highest BCUT2D eigenvalue weighted by atomic mass is 16.5. The molecule has 0 atom stereocenters. The van der Waals surface area contributed by atoms with Crippen LogP contribution in [0.5, 0.6) is 5.75 Å². The summed E-state index contributed by atoms with van der Waals surface area (Å²) in [6, 6.07) is 15.4. The second-order valence-corrected chi connectivity index (χ2v) is 7.30. The fourth-order valence-electron chi connectivity index (χ4n) is 3.53. The van der Waals surface area contributed by atoms with Crippen LogP contribution < -0.4 is 9.64 Å².